The molecule has 0 radical (unpaired) electrons. The Balaban J connectivity index is 1.82. The number of carbonyl (C=O) groups excluding carboxylic acids is 2. The Bertz CT molecular complexity index is 1700. The topological polar surface area (TPSA) is 96.0 Å². The summed E-state index contributed by atoms with van der Waals surface area (Å²) in [5.41, 5.74) is 1.74. The molecule has 1 N–H and O–H groups in total. The first kappa shape index (κ1) is 33.9. The van der Waals surface area contributed by atoms with Crippen molar-refractivity contribution in [1.82, 2.24) is 10.2 Å². The second-order valence-electron chi connectivity index (χ2n) is 10.1. The van der Waals surface area contributed by atoms with Crippen LogP contribution in [0.1, 0.15) is 18.1 Å². The average molecular weight is 666 g/mol. The molecular weight excluding hydrogens is 630 g/mol. The van der Waals surface area contributed by atoms with Crippen molar-refractivity contribution in [3.05, 3.63) is 119 Å². The van der Waals surface area contributed by atoms with Crippen molar-refractivity contribution in [1.29, 1.82) is 0 Å². The van der Waals surface area contributed by atoms with Crippen LogP contribution in [0.5, 0.6) is 5.75 Å². The number of nitrogens with one attached hydrogen (secondary N) is 1. The van der Waals surface area contributed by atoms with Crippen molar-refractivity contribution in [3.63, 3.8) is 0 Å². The highest BCUT2D eigenvalue weighted by Crippen LogP contribution is 2.33. The van der Waals surface area contributed by atoms with Gasteiger partial charge in [0.2, 0.25) is 11.8 Å². The predicted molar refractivity (Wildman–Crippen MR) is 180 cm³/mol. The standard InChI is InChI=1S/C34H36ClN3O5S2/c1-4-43-32-16-9-8-15-30(32)38(45(41,42)29-19-17-28(44-3)18-20-29)24-33(39)37(23-26-13-10-14-27(35)21-26)31(34(40)36-2)22-25-11-6-5-7-12-25/h5-21,31H,4,22-24H2,1-3H3,(H,36,40)/t31-/m0/s1. The molecule has 2 amide bonds. The van der Waals surface area contributed by atoms with Gasteiger partial charge in [0, 0.05) is 29.9 Å². The number of hydrogen-bond acceptors (Lipinski definition) is 6. The van der Waals surface area contributed by atoms with E-state index in [0.29, 0.717) is 16.3 Å². The number of hydrogen-bond donors (Lipinski definition) is 1. The lowest BCUT2D eigenvalue weighted by Crippen LogP contribution is -2.53. The molecule has 0 saturated heterocycles. The Hall–Kier alpha value is -3.99. The molecule has 4 aromatic carbocycles. The molecule has 0 aromatic heterocycles. The van der Waals surface area contributed by atoms with E-state index in [4.69, 9.17) is 16.3 Å². The van der Waals surface area contributed by atoms with Crippen LogP contribution in [0.15, 0.2) is 113 Å². The molecule has 4 aromatic rings. The van der Waals surface area contributed by atoms with Crippen LogP contribution in [0.25, 0.3) is 0 Å². The molecule has 8 nitrogen and oxygen atoms in total. The molecule has 0 fully saturated rings. The minimum atomic E-state index is -4.26. The molecule has 0 spiro atoms. The fraction of sp³-hybridized carbons (Fsp3) is 0.235. The second-order valence-corrected chi connectivity index (χ2v) is 13.2. The number of halogens is 1. The number of benzene rings is 4. The van der Waals surface area contributed by atoms with E-state index in [-0.39, 0.29) is 36.1 Å². The van der Waals surface area contributed by atoms with E-state index in [1.54, 1.807) is 61.5 Å². The summed E-state index contributed by atoms with van der Waals surface area (Å²) in [6, 6.07) is 28.6. The van der Waals surface area contributed by atoms with Gasteiger partial charge in [0.15, 0.2) is 0 Å². The summed E-state index contributed by atoms with van der Waals surface area (Å²) in [4.78, 5) is 30.2. The van der Waals surface area contributed by atoms with E-state index in [9.17, 15) is 18.0 Å². The fourth-order valence-electron chi connectivity index (χ4n) is 4.88. The Morgan fingerprint density at radius 3 is 2.22 bits per heavy atom. The van der Waals surface area contributed by atoms with Crippen LogP contribution in [0.3, 0.4) is 0 Å². The zero-order chi connectivity index (χ0) is 32.4. The first-order valence-corrected chi connectivity index (χ1v) is 17.4. The third kappa shape index (κ3) is 8.59. The second kappa shape index (κ2) is 15.8. The number of carbonyl (C=O) groups is 2. The molecule has 0 bridgehead atoms. The summed E-state index contributed by atoms with van der Waals surface area (Å²) >= 11 is 7.77. The van der Waals surface area contributed by atoms with Crippen molar-refractivity contribution in [3.8, 4) is 5.75 Å². The summed E-state index contributed by atoms with van der Waals surface area (Å²) in [7, 11) is -2.75. The Kier molecular flexibility index (Phi) is 11.9. The lowest BCUT2D eigenvalue weighted by molar-refractivity contribution is -0.139. The highest BCUT2D eigenvalue weighted by Gasteiger charge is 2.35. The van der Waals surface area contributed by atoms with Crippen LogP contribution in [0.4, 0.5) is 5.69 Å². The van der Waals surface area contributed by atoms with E-state index < -0.39 is 28.5 Å². The van der Waals surface area contributed by atoms with Crippen molar-refractivity contribution in [2.45, 2.75) is 35.7 Å². The summed E-state index contributed by atoms with van der Waals surface area (Å²) in [6.45, 7) is 1.53. The zero-order valence-electron chi connectivity index (χ0n) is 25.4. The summed E-state index contributed by atoms with van der Waals surface area (Å²) in [5.74, 6) is -0.647. The quantitative estimate of drug-likeness (QED) is 0.165. The number of anilines is 1. The third-order valence-corrected chi connectivity index (χ3v) is 9.87. The summed E-state index contributed by atoms with van der Waals surface area (Å²) in [6.07, 6.45) is 2.12. The Labute approximate surface area is 274 Å². The number of thioether (sulfide) groups is 1. The van der Waals surface area contributed by atoms with E-state index in [1.807, 2.05) is 42.7 Å². The maximum Gasteiger partial charge on any atom is 0.264 e. The van der Waals surface area contributed by atoms with Gasteiger partial charge in [0.05, 0.1) is 17.2 Å². The predicted octanol–water partition coefficient (Wildman–Crippen LogP) is 6.04. The van der Waals surface area contributed by atoms with E-state index in [2.05, 4.69) is 5.32 Å². The van der Waals surface area contributed by atoms with Crippen molar-refractivity contribution in [2.24, 2.45) is 0 Å². The first-order chi connectivity index (χ1) is 21.7. The third-order valence-electron chi connectivity index (χ3n) is 7.12. The van der Waals surface area contributed by atoms with Gasteiger partial charge in [-0.1, -0.05) is 66.2 Å². The molecule has 0 saturated carbocycles. The molecule has 0 unspecified atom stereocenters. The zero-order valence-corrected chi connectivity index (χ0v) is 27.7. The number of para-hydroxylation sites is 2. The maximum atomic E-state index is 14.5. The molecule has 11 heteroatoms. The van der Waals surface area contributed by atoms with Crippen LogP contribution >= 0.6 is 23.4 Å². The molecule has 0 aliphatic carbocycles. The van der Waals surface area contributed by atoms with Gasteiger partial charge >= 0.3 is 0 Å². The van der Waals surface area contributed by atoms with Gasteiger partial charge in [-0.15, -0.1) is 11.8 Å². The van der Waals surface area contributed by atoms with E-state index in [0.717, 1.165) is 14.8 Å². The molecule has 0 heterocycles. The van der Waals surface area contributed by atoms with Crippen molar-refractivity contribution >= 4 is 50.9 Å². The monoisotopic (exact) mass is 665 g/mol. The Morgan fingerprint density at radius 1 is 0.911 bits per heavy atom. The average Bonchev–Trinajstić information content (AvgIpc) is 3.05. The SMILES string of the molecule is CCOc1ccccc1N(CC(=O)N(Cc1cccc(Cl)c1)[C@@H](Cc1ccccc1)C(=O)NC)S(=O)(=O)c1ccc(SC)cc1. The van der Waals surface area contributed by atoms with Crippen LogP contribution in [-0.2, 0) is 32.6 Å². The van der Waals surface area contributed by atoms with Crippen molar-refractivity contribution < 1.29 is 22.7 Å². The van der Waals surface area contributed by atoms with Gasteiger partial charge in [0.1, 0.15) is 18.3 Å². The maximum absolute atomic E-state index is 14.5. The lowest BCUT2D eigenvalue weighted by Gasteiger charge is -2.34. The van der Waals surface area contributed by atoms with Crippen LogP contribution in [0, 0.1) is 0 Å². The Morgan fingerprint density at radius 2 is 1.58 bits per heavy atom. The largest absolute Gasteiger partial charge is 0.492 e. The minimum Gasteiger partial charge on any atom is -0.492 e. The highest BCUT2D eigenvalue weighted by atomic mass is 35.5. The fourth-order valence-corrected chi connectivity index (χ4v) is 6.93. The van der Waals surface area contributed by atoms with Gasteiger partial charge < -0.3 is 15.0 Å². The molecule has 236 valence electrons. The molecule has 0 aliphatic rings. The van der Waals surface area contributed by atoms with Gasteiger partial charge in [-0.3, -0.25) is 13.9 Å². The van der Waals surface area contributed by atoms with Gasteiger partial charge in [-0.25, -0.2) is 8.42 Å². The summed E-state index contributed by atoms with van der Waals surface area (Å²) < 4.78 is 35.5. The smallest absolute Gasteiger partial charge is 0.264 e. The number of likely N-dealkylation sites (N-methyl/N-ethyl adjacent to an activating group) is 1. The molecule has 4 rings (SSSR count). The van der Waals surface area contributed by atoms with Gasteiger partial charge in [-0.2, -0.15) is 0 Å². The number of amides is 2. The number of sulfonamides is 1. The molecule has 45 heavy (non-hydrogen) atoms. The molecule has 1 atom stereocenters. The molecular formula is C34H36ClN3O5S2. The number of nitrogens with zero attached hydrogens (tertiary/aromatic N) is 2. The first-order valence-electron chi connectivity index (χ1n) is 14.4. The van der Waals surface area contributed by atoms with E-state index >= 15 is 0 Å². The molecule has 0 aliphatic heterocycles. The normalized spacial score (nSPS) is 11.8. The van der Waals surface area contributed by atoms with Crippen LogP contribution < -0.4 is 14.4 Å². The van der Waals surface area contributed by atoms with Gasteiger partial charge in [0.25, 0.3) is 10.0 Å². The van der Waals surface area contributed by atoms with E-state index in [1.165, 1.54) is 35.8 Å². The minimum absolute atomic E-state index is 0.0212. The van der Waals surface area contributed by atoms with Gasteiger partial charge in [-0.05, 0) is 72.8 Å². The number of rotatable bonds is 14. The highest BCUT2D eigenvalue weighted by molar-refractivity contribution is 7.98. The van der Waals surface area contributed by atoms with Crippen molar-refractivity contribution in [2.75, 3.05) is 30.8 Å². The van der Waals surface area contributed by atoms with Crippen LogP contribution in [-0.4, -0.2) is 57.6 Å². The number of ether oxygens (including phenoxy) is 1. The van der Waals surface area contributed by atoms with Crippen LogP contribution in [0.2, 0.25) is 5.02 Å². The summed E-state index contributed by atoms with van der Waals surface area (Å²) in [5, 5.41) is 3.16. The lowest BCUT2D eigenvalue weighted by atomic mass is 10.0.